The topological polar surface area (TPSA) is 113 Å². The molecular weight excluding hydrogens is 372 g/mol. The van der Waals surface area contributed by atoms with Crippen LogP contribution in [0.3, 0.4) is 0 Å². The van der Waals surface area contributed by atoms with Crippen molar-refractivity contribution in [2.45, 2.75) is 17.0 Å². The van der Waals surface area contributed by atoms with Gasteiger partial charge in [0.05, 0.1) is 37.9 Å². The van der Waals surface area contributed by atoms with Crippen molar-refractivity contribution in [1.29, 1.82) is 0 Å². The Hall–Kier alpha value is -1.40. The molecule has 25 heavy (non-hydrogen) atoms. The molecule has 1 aromatic rings. The molecule has 0 unspecified atom stereocenters. The Labute approximate surface area is 147 Å². The third-order valence-electron chi connectivity index (χ3n) is 3.87. The fraction of sp³-hybridized carbons (Fsp3) is 0.571. The van der Waals surface area contributed by atoms with Gasteiger partial charge in [0.1, 0.15) is 16.4 Å². The molecule has 2 atom stereocenters. The van der Waals surface area contributed by atoms with Crippen molar-refractivity contribution in [1.82, 2.24) is 9.42 Å². The number of nitrogens with zero attached hydrogens (tertiary/aromatic N) is 2. The molecule has 1 fully saturated rings. The quantitative estimate of drug-likeness (QED) is 0.632. The number of benzene rings is 1. The van der Waals surface area contributed by atoms with E-state index in [-0.39, 0.29) is 10.6 Å². The van der Waals surface area contributed by atoms with E-state index in [4.69, 9.17) is 9.47 Å². The van der Waals surface area contributed by atoms with Gasteiger partial charge in [-0.15, -0.1) is 4.41 Å². The second-order valence-electron chi connectivity index (χ2n) is 5.85. The molecule has 142 valence electrons. The minimum Gasteiger partial charge on any atom is -0.497 e. The van der Waals surface area contributed by atoms with Crippen LogP contribution in [0.25, 0.3) is 0 Å². The lowest BCUT2D eigenvalue weighted by molar-refractivity contribution is 0.0270. The third kappa shape index (κ3) is 3.90. The molecule has 0 aliphatic carbocycles. The first-order chi connectivity index (χ1) is 11.5. The summed E-state index contributed by atoms with van der Waals surface area (Å²) < 4.78 is 61.0. The summed E-state index contributed by atoms with van der Waals surface area (Å²) in [4.78, 5) is -0.152. The zero-order valence-corrected chi connectivity index (χ0v) is 16.0. The minimum absolute atomic E-state index is 0.0570. The van der Waals surface area contributed by atoms with E-state index in [1.807, 2.05) is 0 Å². The van der Waals surface area contributed by atoms with Crippen molar-refractivity contribution in [3.63, 3.8) is 0 Å². The van der Waals surface area contributed by atoms with Gasteiger partial charge in [0, 0.05) is 20.2 Å². The average Bonchev–Trinajstić information content (AvgIpc) is 2.78. The van der Waals surface area contributed by atoms with E-state index in [9.17, 15) is 21.9 Å². The van der Waals surface area contributed by atoms with E-state index in [0.717, 1.165) is 4.41 Å². The Morgan fingerprint density at radius 1 is 1.16 bits per heavy atom. The largest absolute Gasteiger partial charge is 0.497 e. The number of hydrogen-bond donors (Lipinski definition) is 1. The van der Waals surface area contributed by atoms with Gasteiger partial charge in [0.15, 0.2) is 9.84 Å². The average molecular weight is 394 g/mol. The number of hydrazine groups is 1. The zero-order valence-electron chi connectivity index (χ0n) is 14.4. The van der Waals surface area contributed by atoms with Gasteiger partial charge >= 0.3 is 0 Å². The molecule has 0 amide bonds. The maximum atomic E-state index is 13.2. The van der Waals surface area contributed by atoms with Crippen molar-refractivity contribution >= 4 is 19.9 Å². The molecule has 2 rings (SSSR count). The first kappa shape index (κ1) is 19.9. The first-order valence-corrected chi connectivity index (χ1v) is 10.6. The summed E-state index contributed by atoms with van der Waals surface area (Å²) in [7, 11) is -2.02. The van der Waals surface area contributed by atoms with Gasteiger partial charge in [-0.25, -0.2) is 21.8 Å². The summed E-state index contributed by atoms with van der Waals surface area (Å²) in [6.45, 7) is 0. The van der Waals surface area contributed by atoms with Gasteiger partial charge < -0.3 is 14.6 Å². The summed E-state index contributed by atoms with van der Waals surface area (Å²) in [5.41, 5.74) is 0. The van der Waals surface area contributed by atoms with E-state index in [1.54, 1.807) is 0 Å². The number of rotatable bonds is 6. The van der Waals surface area contributed by atoms with E-state index in [0.29, 0.717) is 5.75 Å². The first-order valence-electron chi connectivity index (χ1n) is 7.35. The molecule has 1 aromatic carbocycles. The van der Waals surface area contributed by atoms with Crippen LogP contribution in [-0.2, 0) is 19.9 Å². The molecule has 1 N–H and O–H groups in total. The number of sulfonamides is 1. The second kappa shape index (κ2) is 7.08. The van der Waals surface area contributed by atoms with Crippen LogP contribution in [0.5, 0.6) is 11.5 Å². The van der Waals surface area contributed by atoms with Gasteiger partial charge in [-0.2, -0.15) is 0 Å². The highest BCUT2D eigenvalue weighted by molar-refractivity contribution is 7.92. The van der Waals surface area contributed by atoms with Crippen LogP contribution in [0.1, 0.15) is 0 Å². The molecule has 1 saturated heterocycles. The maximum Gasteiger partial charge on any atom is 0.260 e. The Bertz CT molecular complexity index is 837. The lowest BCUT2D eigenvalue weighted by Gasteiger charge is -2.34. The highest BCUT2D eigenvalue weighted by atomic mass is 32.2. The van der Waals surface area contributed by atoms with Gasteiger partial charge in [0.25, 0.3) is 10.0 Å². The van der Waals surface area contributed by atoms with Crippen LogP contribution in [0, 0.1) is 0 Å². The molecule has 0 saturated carbocycles. The lowest BCUT2D eigenvalue weighted by Crippen LogP contribution is -2.53. The van der Waals surface area contributed by atoms with E-state index >= 15 is 0 Å². The smallest absolute Gasteiger partial charge is 0.260 e. The number of sulfone groups is 1. The van der Waals surface area contributed by atoms with Crippen molar-refractivity contribution in [2.24, 2.45) is 0 Å². The molecule has 0 radical (unpaired) electrons. The number of hydrogen-bond acceptors (Lipinski definition) is 8. The summed E-state index contributed by atoms with van der Waals surface area (Å²) in [6.07, 6.45) is -1.31. The number of methoxy groups -OCH3 is 2. The van der Waals surface area contributed by atoms with Crippen molar-refractivity contribution in [2.75, 3.05) is 39.8 Å². The highest BCUT2D eigenvalue weighted by Crippen LogP contribution is 2.33. The van der Waals surface area contributed by atoms with Crippen LogP contribution in [0.15, 0.2) is 23.1 Å². The predicted molar refractivity (Wildman–Crippen MR) is 90.7 cm³/mol. The van der Waals surface area contributed by atoms with E-state index < -0.39 is 43.5 Å². The van der Waals surface area contributed by atoms with Crippen LogP contribution in [0.2, 0.25) is 0 Å². The number of aliphatic hydroxyl groups is 1. The highest BCUT2D eigenvalue weighted by Gasteiger charge is 2.46. The minimum atomic E-state index is -4.18. The van der Waals surface area contributed by atoms with Gasteiger partial charge in [-0.3, -0.25) is 0 Å². The maximum absolute atomic E-state index is 13.2. The Morgan fingerprint density at radius 3 is 2.24 bits per heavy atom. The number of aliphatic hydroxyl groups excluding tert-OH is 1. The molecule has 0 aromatic heterocycles. The zero-order chi connectivity index (χ0) is 19.0. The van der Waals surface area contributed by atoms with Crippen LogP contribution in [0.4, 0.5) is 0 Å². The van der Waals surface area contributed by atoms with Crippen molar-refractivity contribution in [3.8, 4) is 11.5 Å². The summed E-state index contributed by atoms with van der Waals surface area (Å²) in [5.74, 6) is -0.460. The molecule has 0 spiro atoms. The monoisotopic (exact) mass is 394 g/mol. The van der Waals surface area contributed by atoms with Gasteiger partial charge in [0.2, 0.25) is 0 Å². The Kier molecular flexibility index (Phi) is 5.64. The molecule has 1 aliphatic heterocycles. The van der Waals surface area contributed by atoms with Gasteiger partial charge in [-0.1, -0.05) is 0 Å². The van der Waals surface area contributed by atoms with Crippen LogP contribution < -0.4 is 9.47 Å². The molecule has 1 heterocycles. The molecule has 11 heteroatoms. The van der Waals surface area contributed by atoms with E-state index in [1.165, 1.54) is 51.5 Å². The third-order valence-corrected chi connectivity index (χ3v) is 7.55. The van der Waals surface area contributed by atoms with E-state index in [2.05, 4.69) is 0 Å². The van der Waals surface area contributed by atoms with Crippen LogP contribution >= 0.6 is 0 Å². The fourth-order valence-electron chi connectivity index (χ4n) is 2.80. The van der Waals surface area contributed by atoms with Gasteiger partial charge in [-0.05, 0) is 12.1 Å². The fourth-order valence-corrected chi connectivity index (χ4v) is 6.50. The normalized spacial score (nSPS) is 23.2. The van der Waals surface area contributed by atoms with Crippen LogP contribution in [-0.4, -0.2) is 83.3 Å². The summed E-state index contributed by atoms with van der Waals surface area (Å²) in [6, 6.07) is 3.09. The predicted octanol–water partition coefficient (Wildman–Crippen LogP) is -0.671. The number of ether oxygens (including phenoxy) is 2. The summed E-state index contributed by atoms with van der Waals surface area (Å²) in [5, 5.41) is 11.3. The second-order valence-corrected chi connectivity index (χ2v) is 9.77. The summed E-state index contributed by atoms with van der Waals surface area (Å²) >= 11 is 0. The molecule has 1 aliphatic rings. The molecule has 0 bridgehead atoms. The van der Waals surface area contributed by atoms with Crippen molar-refractivity contribution in [3.05, 3.63) is 18.2 Å². The Morgan fingerprint density at radius 2 is 1.80 bits per heavy atom. The lowest BCUT2D eigenvalue weighted by atomic mass is 10.2. The standard InChI is InChI=1S/C14H22N2O7S2/c1-15(2)16(11-8-24(18,19)9-12(11)17)25(20,21)14-6-5-10(22-3)7-13(14)23-4/h5-7,11-12,17H,8-9H2,1-4H3/t11-,12-/m1/s1. The molecular formula is C14H22N2O7S2. The SMILES string of the molecule is COc1ccc(S(=O)(=O)N([C@@H]2CS(=O)(=O)C[C@H]2O)N(C)C)c(OC)c1. The Balaban J connectivity index is 2.55. The van der Waals surface area contributed by atoms with Crippen molar-refractivity contribution < 1.29 is 31.4 Å². The molecule has 9 nitrogen and oxygen atoms in total.